The molecule has 3 N–H and O–H groups in total. The number of nitrogens with two attached hydrogens (primary N) is 1. The molecule has 0 unspecified atom stereocenters. The fraction of sp³-hybridized carbons (Fsp3) is 0.240. The number of aromatic nitrogens is 3. The summed E-state index contributed by atoms with van der Waals surface area (Å²) in [4.78, 5) is 27.6. The van der Waals surface area contributed by atoms with Gasteiger partial charge in [-0.25, -0.2) is 14.4 Å². The minimum absolute atomic E-state index is 0.00632. The molecule has 9 heteroatoms. The van der Waals surface area contributed by atoms with Gasteiger partial charge in [0.2, 0.25) is 0 Å². The Labute approximate surface area is 200 Å². The highest BCUT2D eigenvalue weighted by atomic mass is 35.5. The molecule has 0 amide bonds. The minimum atomic E-state index is -0.628. The Balaban J connectivity index is 1.62. The largest absolute Gasteiger partial charge is 0.412 e. The maximum atomic E-state index is 14.6. The highest BCUT2D eigenvalue weighted by molar-refractivity contribution is 6.33. The molecule has 0 bridgehead atoms. The lowest BCUT2D eigenvalue weighted by Gasteiger charge is -2.23. The number of halogens is 2. The summed E-state index contributed by atoms with van der Waals surface area (Å²) in [7, 11) is 1.33. The number of nitrogen functional groups attached to an aromatic ring is 1. The van der Waals surface area contributed by atoms with Crippen LogP contribution in [0.2, 0.25) is 5.02 Å². The number of piperidine rings is 1. The molecule has 7 nitrogen and oxygen atoms in total. The van der Waals surface area contributed by atoms with Crippen molar-refractivity contribution < 1.29 is 9.23 Å². The quantitative estimate of drug-likeness (QED) is 0.459. The number of anilines is 1. The van der Waals surface area contributed by atoms with E-state index in [1.165, 1.54) is 36.9 Å². The zero-order chi connectivity index (χ0) is 23.8. The van der Waals surface area contributed by atoms with Crippen LogP contribution >= 0.6 is 11.6 Å². The maximum Gasteiger partial charge on any atom is 0.293 e. The molecule has 4 aromatic rings. The van der Waals surface area contributed by atoms with E-state index in [1.54, 1.807) is 0 Å². The van der Waals surface area contributed by atoms with Crippen molar-refractivity contribution >= 4 is 28.5 Å². The second-order valence-corrected chi connectivity index (χ2v) is 8.66. The van der Waals surface area contributed by atoms with Crippen molar-refractivity contribution in [2.45, 2.75) is 18.8 Å². The summed E-state index contributed by atoms with van der Waals surface area (Å²) >= 11 is 6.20. The molecule has 1 fully saturated rings. The highest BCUT2D eigenvalue weighted by Crippen LogP contribution is 2.32. The number of hydrogen-bond acceptors (Lipinski definition) is 6. The summed E-state index contributed by atoms with van der Waals surface area (Å²) in [6, 6.07) is 13.8. The summed E-state index contributed by atoms with van der Waals surface area (Å²) in [5, 5.41) is 3.83. The number of pyridine rings is 1. The molecular weight excluding hydrogens is 457 g/mol. The first-order chi connectivity index (χ1) is 16.5. The van der Waals surface area contributed by atoms with Crippen molar-refractivity contribution in [1.29, 1.82) is 0 Å². The van der Waals surface area contributed by atoms with E-state index >= 15 is 0 Å². The van der Waals surface area contributed by atoms with Gasteiger partial charge >= 0.3 is 0 Å². The first-order valence-corrected chi connectivity index (χ1v) is 11.4. The predicted octanol–water partition coefficient (Wildman–Crippen LogP) is 4.03. The number of nitrogens with one attached hydrogen (secondary N) is 1. The third-order valence-corrected chi connectivity index (χ3v) is 6.56. The van der Waals surface area contributed by atoms with Gasteiger partial charge in [0.15, 0.2) is 11.5 Å². The summed E-state index contributed by atoms with van der Waals surface area (Å²) in [6.07, 6.45) is 2.21. The van der Waals surface area contributed by atoms with Crippen LogP contribution < -0.4 is 21.4 Å². The van der Waals surface area contributed by atoms with E-state index in [0.717, 1.165) is 36.2 Å². The minimum Gasteiger partial charge on any atom is -0.412 e. The summed E-state index contributed by atoms with van der Waals surface area (Å²) in [6.45, 7) is 2.04. The van der Waals surface area contributed by atoms with E-state index in [4.69, 9.17) is 22.2 Å². The molecule has 5 rings (SSSR count). The fourth-order valence-corrected chi connectivity index (χ4v) is 4.74. The third-order valence-electron chi connectivity index (χ3n) is 6.25. The molecule has 0 aliphatic carbocycles. The van der Waals surface area contributed by atoms with Crippen LogP contribution in [0.3, 0.4) is 0 Å². The van der Waals surface area contributed by atoms with Gasteiger partial charge in [-0.3, -0.25) is 4.79 Å². The first-order valence-electron chi connectivity index (χ1n) is 11.0. The molecule has 0 atom stereocenters. The van der Waals surface area contributed by atoms with E-state index in [0.29, 0.717) is 17.1 Å². The topological polar surface area (TPSA) is 95.1 Å². The van der Waals surface area contributed by atoms with Crippen molar-refractivity contribution in [2.24, 2.45) is 0 Å². The van der Waals surface area contributed by atoms with Crippen LogP contribution in [0, 0.1) is 5.82 Å². The number of nitrogens with zero attached hydrogens (tertiary/aromatic N) is 3. The molecule has 1 aliphatic rings. The van der Waals surface area contributed by atoms with E-state index < -0.39 is 11.4 Å². The Morgan fingerprint density at radius 1 is 1.15 bits per heavy atom. The van der Waals surface area contributed by atoms with Gasteiger partial charge in [0.1, 0.15) is 18.7 Å². The molecular formula is C25H23ClFN5O2. The van der Waals surface area contributed by atoms with Crippen LogP contribution in [0.4, 0.5) is 10.2 Å². The first kappa shape index (κ1) is 22.3. The highest BCUT2D eigenvalue weighted by Gasteiger charge is 2.21. The molecule has 0 spiro atoms. The molecule has 0 radical (unpaired) electrons. The van der Waals surface area contributed by atoms with Gasteiger partial charge in [-0.2, -0.15) is 0 Å². The SMILES string of the molecule is COn1c(=O)c(-c2c(F)cccc2Cl)cc2c(N)nc(-c3ccc(C4CCNCC4)cc3)nc21. The monoisotopic (exact) mass is 479 g/mol. The lowest BCUT2D eigenvalue weighted by Crippen LogP contribution is -2.28. The fourth-order valence-electron chi connectivity index (χ4n) is 4.47. The van der Waals surface area contributed by atoms with Gasteiger partial charge in [-0.1, -0.05) is 41.9 Å². The molecule has 1 saturated heterocycles. The van der Waals surface area contributed by atoms with E-state index in [1.807, 2.05) is 12.1 Å². The number of hydrogen-bond donors (Lipinski definition) is 2. The van der Waals surface area contributed by atoms with E-state index in [9.17, 15) is 9.18 Å². The maximum absolute atomic E-state index is 14.6. The molecule has 3 heterocycles. The van der Waals surface area contributed by atoms with Crippen LogP contribution in [0.15, 0.2) is 53.3 Å². The number of benzene rings is 2. The van der Waals surface area contributed by atoms with Gasteiger partial charge in [0.25, 0.3) is 5.56 Å². The normalized spacial score (nSPS) is 14.4. The Kier molecular flexibility index (Phi) is 5.93. The molecule has 2 aromatic heterocycles. The van der Waals surface area contributed by atoms with Gasteiger partial charge in [0, 0.05) is 11.1 Å². The van der Waals surface area contributed by atoms with Crippen LogP contribution in [0.5, 0.6) is 0 Å². The smallest absolute Gasteiger partial charge is 0.293 e. The average molecular weight is 480 g/mol. The molecule has 1 aliphatic heterocycles. The molecule has 2 aromatic carbocycles. The van der Waals surface area contributed by atoms with Gasteiger partial charge in [0.05, 0.1) is 16.0 Å². The molecule has 0 saturated carbocycles. The number of rotatable bonds is 4. The van der Waals surface area contributed by atoms with Gasteiger partial charge < -0.3 is 15.9 Å². The van der Waals surface area contributed by atoms with E-state index in [-0.39, 0.29) is 27.6 Å². The van der Waals surface area contributed by atoms with Gasteiger partial charge in [-0.15, -0.1) is 4.73 Å². The summed E-state index contributed by atoms with van der Waals surface area (Å²) < 4.78 is 15.6. The van der Waals surface area contributed by atoms with Crippen molar-refractivity contribution in [3.8, 4) is 22.5 Å². The van der Waals surface area contributed by atoms with Gasteiger partial charge in [-0.05, 0) is 55.6 Å². The van der Waals surface area contributed by atoms with Crippen molar-refractivity contribution in [1.82, 2.24) is 20.0 Å². The summed E-state index contributed by atoms with van der Waals surface area (Å²) in [5.74, 6) is 0.405. The number of fused-ring (bicyclic) bond motifs is 1. The van der Waals surface area contributed by atoms with Crippen molar-refractivity contribution in [3.05, 3.63) is 75.3 Å². The Hall–Kier alpha value is -3.49. The lowest BCUT2D eigenvalue weighted by atomic mass is 9.90. The zero-order valence-corrected chi connectivity index (χ0v) is 19.3. The van der Waals surface area contributed by atoms with E-state index in [2.05, 4.69) is 27.4 Å². The molecule has 174 valence electrons. The Bertz CT molecular complexity index is 1410. The second-order valence-electron chi connectivity index (χ2n) is 8.25. The lowest BCUT2D eigenvalue weighted by molar-refractivity contribution is 0.168. The molecule has 34 heavy (non-hydrogen) atoms. The summed E-state index contributed by atoms with van der Waals surface area (Å²) in [5.41, 5.74) is 7.89. The van der Waals surface area contributed by atoms with Crippen molar-refractivity contribution in [3.63, 3.8) is 0 Å². The van der Waals surface area contributed by atoms with Crippen LogP contribution in [-0.2, 0) is 0 Å². The van der Waals surface area contributed by atoms with Crippen LogP contribution in [-0.4, -0.2) is 34.9 Å². The van der Waals surface area contributed by atoms with Crippen LogP contribution in [0.25, 0.3) is 33.5 Å². The van der Waals surface area contributed by atoms with Crippen molar-refractivity contribution in [2.75, 3.05) is 25.9 Å². The third kappa shape index (κ3) is 3.89. The predicted molar refractivity (Wildman–Crippen MR) is 131 cm³/mol. The Morgan fingerprint density at radius 3 is 2.56 bits per heavy atom. The Morgan fingerprint density at radius 2 is 1.88 bits per heavy atom. The zero-order valence-electron chi connectivity index (χ0n) is 18.5. The van der Waals surface area contributed by atoms with Crippen LogP contribution in [0.1, 0.15) is 24.3 Å². The standard InChI is InChI=1S/C25H23ClFN5O2/c1-34-32-24-18(13-17(25(32)33)21-19(26)3-2-4-20(21)27)22(28)30-23(31-24)16-7-5-14(6-8-16)15-9-11-29-12-10-15/h2-8,13,15,29H,9-12H2,1H3,(H2,28,30,31). The second kappa shape index (κ2) is 9.04. The average Bonchev–Trinajstić information content (AvgIpc) is 2.85.